The second-order valence-electron chi connectivity index (χ2n) is 6.60. The molecule has 2 aromatic heterocycles. The lowest BCUT2D eigenvalue weighted by atomic mass is 9.88. The Kier molecular flexibility index (Phi) is 3.14. The van der Waals surface area contributed by atoms with Gasteiger partial charge in [0, 0.05) is 32.9 Å². The summed E-state index contributed by atoms with van der Waals surface area (Å²) in [5, 5.41) is 0. The van der Waals surface area contributed by atoms with E-state index in [4.69, 9.17) is 0 Å². The fraction of sp³-hybridized carbons (Fsp3) is 0.471. The van der Waals surface area contributed by atoms with Gasteiger partial charge in [0.15, 0.2) is 0 Å². The van der Waals surface area contributed by atoms with Gasteiger partial charge in [-0.1, -0.05) is 6.07 Å². The van der Waals surface area contributed by atoms with Gasteiger partial charge < -0.3 is 14.2 Å². The molecule has 2 aliphatic rings. The van der Waals surface area contributed by atoms with Gasteiger partial charge in [0.25, 0.3) is 5.91 Å². The number of pyridine rings is 1. The Morgan fingerprint density at radius 1 is 1.30 bits per heavy atom. The van der Waals surface area contributed by atoms with Gasteiger partial charge in [0.05, 0.1) is 11.6 Å². The Morgan fingerprint density at radius 3 is 2.91 bits per heavy atom. The van der Waals surface area contributed by atoms with Gasteiger partial charge in [-0.15, -0.1) is 0 Å². The monoisotopic (exact) mass is 312 g/mol. The number of likely N-dealkylation sites (tertiary alicyclic amines) is 2. The lowest BCUT2D eigenvalue weighted by Crippen LogP contribution is -2.42. The second kappa shape index (κ2) is 5.08. The van der Waals surface area contributed by atoms with Crippen LogP contribution in [0.1, 0.15) is 22.6 Å². The molecule has 4 rings (SSSR count). The number of hydrogen-bond donors (Lipinski definition) is 0. The number of carbonyl (C=O) groups excluding carboxylic acids is 2. The molecule has 0 N–H and O–H groups in total. The van der Waals surface area contributed by atoms with E-state index < -0.39 is 0 Å². The van der Waals surface area contributed by atoms with Crippen LogP contribution in [0.25, 0.3) is 5.65 Å². The molecule has 0 saturated carbocycles. The fourth-order valence-corrected chi connectivity index (χ4v) is 3.83. The van der Waals surface area contributed by atoms with Crippen molar-refractivity contribution in [1.82, 2.24) is 19.2 Å². The van der Waals surface area contributed by atoms with Crippen LogP contribution in [-0.4, -0.2) is 57.7 Å². The average Bonchev–Trinajstić information content (AvgIpc) is 3.13. The van der Waals surface area contributed by atoms with Gasteiger partial charge in [-0.05, 0) is 31.4 Å². The zero-order valence-corrected chi connectivity index (χ0v) is 13.4. The topological polar surface area (TPSA) is 57.9 Å². The standard InChI is InChI=1S/C17H20N4O2/c1-11-15(18-14-5-3-4-7-21(11)14)17(23)20-9-12-6-8-19(2)16(22)13(12)10-20/h3-5,7,12-13H,6,8-10H2,1-2H3/t12-,13+/m1/s1. The normalized spacial score (nSPS) is 24.3. The minimum Gasteiger partial charge on any atom is -0.345 e. The Hall–Kier alpha value is -2.37. The highest BCUT2D eigenvalue weighted by Crippen LogP contribution is 2.32. The van der Waals surface area contributed by atoms with Gasteiger partial charge in [0.1, 0.15) is 11.3 Å². The van der Waals surface area contributed by atoms with Gasteiger partial charge >= 0.3 is 0 Å². The summed E-state index contributed by atoms with van der Waals surface area (Å²) in [5.41, 5.74) is 2.13. The molecule has 2 amide bonds. The number of aryl methyl sites for hydroxylation is 1. The van der Waals surface area contributed by atoms with Crippen LogP contribution in [0.2, 0.25) is 0 Å². The summed E-state index contributed by atoms with van der Waals surface area (Å²) in [4.78, 5) is 33.3. The fourth-order valence-electron chi connectivity index (χ4n) is 3.83. The highest BCUT2D eigenvalue weighted by molar-refractivity contribution is 5.95. The van der Waals surface area contributed by atoms with Crippen LogP contribution in [0, 0.1) is 18.8 Å². The van der Waals surface area contributed by atoms with Gasteiger partial charge in [-0.2, -0.15) is 0 Å². The summed E-state index contributed by atoms with van der Waals surface area (Å²) in [5.74, 6) is 0.356. The van der Waals surface area contributed by atoms with Crippen molar-refractivity contribution in [2.24, 2.45) is 11.8 Å². The quantitative estimate of drug-likeness (QED) is 0.795. The predicted octanol–water partition coefficient (Wildman–Crippen LogP) is 1.19. The highest BCUT2D eigenvalue weighted by Gasteiger charge is 2.43. The number of piperidine rings is 1. The average molecular weight is 312 g/mol. The first-order valence-electron chi connectivity index (χ1n) is 8.04. The van der Waals surface area contributed by atoms with Gasteiger partial charge in [-0.25, -0.2) is 4.98 Å². The first kappa shape index (κ1) is 14.2. The summed E-state index contributed by atoms with van der Waals surface area (Å²) in [6.07, 6.45) is 2.89. The molecule has 2 saturated heterocycles. The Morgan fingerprint density at radius 2 is 2.13 bits per heavy atom. The van der Waals surface area contributed by atoms with Crippen molar-refractivity contribution in [3.8, 4) is 0 Å². The number of rotatable bonds is 1. The summed E-state index contributed by atoms with van der Waals surface area (Å²) < 4.78 is 1.93. The van der Waals surface area contributed by atoms with Crippen LogP contribution in [0.4, 0.5) is 0 Å². The molecule has 2 aliphatic heterocycles. The number of hydrogen-bond acceptors (Lipinski definition) is 3. The molecule has 6 nitrogen and oxygen atoms in total. The molecule has 6 heteroatoms. The minimum absolute atomic E-state index is 0.0463. The number of aromatic nitrogens is 2. The van der Waals surface area contributed by atoms with E-state index >= 15 is 0 Å². The SMILES string of the molecule is Cc1c(C(=O)N2C[C@H]3CCN(C)C(=O)[C@H]3C2)nc2ccccn12. The van der Waals surface area contributed by atoms with E-state index in [0.717, 1.165) is 24.3 Å². The Bertz CT molecular complexity index is 797. The number of carbonyl (C=O) groups is 2. The third-order valence-electron chi connectivity index (χ3n) is 5.23. The third kappa shape index (κ3) is 2.12. The van der Waals surface area contributed by atoms with Crippen LogP contribution in [0.5, 0.6) is 0 Å². The van der Waals surface area contributed by atoms with E-state index in [0.29, 0.717) is 24.7 Å². The van der Waals surface area contributed by atoms with E-state index in [-0.39, 0.29) is 17.7 Å². The third-order valence-corrected chi connectivity index (χ3v) is 5.23. The van der Waals surface area contributed by atoms with E-state index in [1.165, 1.54) is 0 Å². The molecule has 0 aliphatic carbocycles. The van der Waals surface area contributed by atoms with E-state index in [2.05, 4.69) is 4.98 Å². The number of fused-ring (bicyclic) bond motifs is 2. The van der Waals surface area contributed by atoms with E-state index in [1.54, 1.807) is 9.80 Å². The van der Waals surface area contributed by atoms with Gasteiger partial charge in [0.2, 0.25) is 5.91 Å². The Balaban J connectivity index is 1.62. The van der Waals surface area contributed by atoms with Crippen molar-refractivity contribution in [3.05, 3.63) is 35.8 Å². The lowest BCUT2D eigenvalue weighted by Gasteiger charge is -2.30. The number of nitrogens with zero attached hydrogens (tertiary/aromatic N) is 4. The zero-order valence-electron chi connectivity index (χ0n) is 13.4. The predicted molar refractivity (Wildman–Crippen MR) is 85.1 cm³/mol. The first-order chi connectivity index (χ1) is 11.1. The van der Waals surface area contributed by atoms with Crippen LogP contribution in [0.3, 0.4) is 0 Å². The maximum atomic E-state index is 12.9. The van der Waals surface area contributed by atoms with Gasteiger partial charge in [-0.3, -0.25) is 9.59 Å². The molecule has 120 valence electrons. The van der Waals surface area contributed by atoms with Crippen molar-refractivity contribution in [2.45, 2.75) is 13.3 Å². The molecule has 2 aromatic rings. The van der Waals surface area contributed by atoms with E-state index in [9.17, 15) is 9.59 Å². The molecular weight excluding hydrogens is 292 g/mol. The summed E-state index contributed by atoms with van der Waals surface area (Å²) in [6.45, 7) is 3.88. The molecule has 2 fully saturated rings. The van der Waals surface area contributed by atoms with Crippen LogP contribution < -0.4 is 0 Å². The van der Waals surface area contributed by atoms with Crippen molar-refractivity contribution >= 4 is 17.5 Å². The van der Waals surface area contributed by atoms with E-state index in [1.807, 2.05) is 42.8 Å². The largest absolute Gasteiger partial charge is 0.345 e. The molecule has 0 aromatic carbocycles. The molecule has 0 radical (unpaired) electrons. The minimum atomic E-state index is -0.0592. The van der Waals surface area contributed by atoms with Crippen molar-refractivity contribution < 1.29 is 9.59 Å². The summed E-state index contributed by atoms with van der Waals surface area (Å²) in [6, 6.07) is 5.73. The molecule has 0 unspecified atom stereocenters. The highest BCUT2D eigenvalue weighted by atomic mass is 16.2. The first-order valence-corrected chi connectivity index (χ1v) is 8.04. The number of amides is 2. The smallest absolute Gasteiger partial charge is 0.274 e. The molecular formula is C17H20N4O2. The van der Waals surface area contributed by atoms with Crippen molar-refractivity contribution in [3.63, 3.8) is 0 Å². The van der Waals surface area contributed by atoms with Crippen molar-refractivity contribution in [1.29, 1.82) is 0 Å². The van der Waals surface area contributed by atoms with Crippen LogP contribution in [-0.2, 0) is 4.79 Å². The van der Waals surface area contributed by atoms with Crippen LogP contribution in [0.15, 0.2) is 24.4 Å². The van der Waals surface area contributed by atoms with Crippen LogP contribution >= 0.6 is 0 Å². The second-order valence-corrected chi connectivity index (χ2v) is 6.60. The lowest BCUT2D eigenvalue weighted by molar-refractivity contribution is -0.137. The molecule has 0 bridgehead atoms. The molecule has 2 atom stereocenters. The molecule has 4 heterocycles. The zero-order chi connectivity index (χ0) is 16.1. The molecule has 0 spiro atoms. The summed E-state index contributed by atoms with van der Waals surface area (Å²) in [7, 11) is 1.84. The molecule has 23 heavy (non-hydrogen) atoms. The maximum absolute atomic E-state index is 12.9. The summed E-state index contributed by atoms with van der Waals surface area (Å²) >= 11 is 0. The van der Waals surface area contributed by atoms with Crippen molar-refractivity contribution in [2.75, 3.05) is 26.7 Å². The Labute approximate surface area is 134 Å². The maximum Gasteiger partial charge on any atom is 0.274 e. The number of imidazole rings is 1.